The lowest BCUT2D eigenvalue weighted by Crippen LogP contribution is -2.55. The molecule has 4 nitrogen and oxygen atoms in total. The monoisotopic (exact) mass is 349 g/mol. The largest absolute Gasteiger partial charge is 0.339 e. The van der Waals surface area contributed by atoms with Crippen molar-refractivity contribution in [3.8, 4) is 0 Å². The van der Waals surface area contributed by atoms with Gasteiger partial charge in [-0.15, -0.1) is 11.3 Å². The molecular formula is C19H31N3OS. The number of rotatable bonds is 6. The molecule has 2 saturated heterocycles. The Morgan fingerprint density at radius 2 is 2.17 bits per heavy atom. The van der Waals surface area contributed by atoms with Gasteiger partial charge in [0, 0.05) is 50.1 Å². The topological polar surface area (TPSA) is 26.8 Å². The number of hydrogen-bond acceptors (Lipinski definition) is 4. The highest BCUT2D eigenvalue weighted by atomic mass is 32.1. The second-order valence-electron chi connectivity index (χ2n) is 7.64. The van der Waals surface area contributed by atoms with Crippen LogP contribution in [0.3, 0.4) is 0 Å². The Bertz CT molecular complexity index is 557. The van der Waals surface area contributed by atoms with E-state index >= 15 is 0 Å². The van der Waals surface area contributed by atoms with Crippen LogP contribution in [0.15, 0.2) is 11.4 Å². The Kier molecular flexibility index (Phi) is 5.95. The number of fused-ring (bicyclic) bond motifs is 1. The van der Waals surface area contributed by atoms with Gasteiger partial charge in [-0.2, -0.15) is 0 Å². The van der Waals surface area contributed by atoms with Crippen molar-refractivity contribution >= 4 is 17.2 Å². The normalized spacial score (nSPS) is 25.3. The van der Waals surface area contributed by atoms with E-state index < -0.39 is 0 Å². The number of hydrogen-bond donors (Lipinski definition) is 0. The molecule has 2 atom stereocenters. The average Bonchev–Trinajstić information content (AvgIpc) is 2.96. The maximum Gasteiger partial charge on any atom is 0.222 e. The molecule has 0 radical (unpaired) electrons. The number of thiophene rings is 1. The molecule has 5 heteroatoms. The molecule has 0 spiro atoms. The van der Waals surface area contributed by atoms with Crippen LogP contribution in [-0.2, 0) is 17.9 Å². The van der Waals surface area contributed by atoms with Crippen LogP contribution in [0.2, 0.25) is 0 Å². The van der Waals surface area contributed by atoms with Crippen LogP contribution in [0.5, 0.6) is 0 Å². The van der Waals surface area contributed by atoms with Crippen molar-refractivity contribution in [1.29, 1.82) is 0 Å². The van der Waals surface area contributed by atoms with E-state index in [1.54, 1.807) is 0 Å². The van der Waals surface area contributed by atoms with Crippen molar-refractivity contribution in [2.45, 2.75) is 51.7 Å². The Hall–Kier alpha value is -0.910. The lowest BCUT2D eigenvalue weighted by molar-refractivity contribution is -0.141. The molecule has 1 amide bonds. The molecule has 24 heavy (non-hydrogen) atoms. The maximum atomic E-state index is 12.2. The first-order valence-corrected chi connectivity index (χ1v) is 10.2. The van der Waals surface area contributed by atoms with Crippen LogP contribution in [0, 0.1) is 5.92 Å². The van der Waals surface area contributed by atoms with E-state index in [-0.39, 0.29) is 0 Å². The average molecular weight is 350 g/mol. The first-order valence-electron chi connectivity index (χ1n) is 9.29. The van der Waals surface area contributed by atoms with Gasteiger partial charge >= 0.3 is 0 Å². The highest BCUT2D eigenvalue weighted by Gasteiger charge is 2.38. The molecule has 2 fully saturated rings. The quantitative estimate of drug-likeness (QED) is 0.790. The van der Waals surface area contributed by atoms with Crippen molar-refractivity contribution in [1.82, 2.24) is 14.7 Å². The summed E-state index contributed by atoms with van der Waals surface area (Å²) in [4.78, 5) is 20.7. The Labute approximate surface area is 150 Å². The molecule has 2 aliphatic rings. The Morgan fingerprint density at radius 3 is 2.92 bits per heavy atom. The Morgan fingerprint density at radius 1 is 1.33 bits per heavy atom. The SMILES string of the molecule is CCCN1C(=O)CC[C@H]2CN(Cc3cc(CN(C)C)cs3)CC[C@H]21. The number of carbonyl (C=O) groups is 1. The molecule has 134 valence electrons. The van der Waals surface area contributed by atoms with Gasteiger partial charge in [0.1, 0.15) is 0 Å². The lowest BCUT2D eigenvalue weighted by atomic mass is 9.83. The first-order chi connectivity index (χ1) is 11.6. The van der Waals surface area contributed by atoms with Crippen LogP contribution in [0.25, 0.3) is 0 Å². The zero-order valence-electron chi connectivity index (χ0n) is 15.3. The first kappa shape index (κ1) is 17.9. The molecule has 2 aliphatic heterocycles. The standard InChI is InChI=1S/C19H31N3OS/c1-4-8-22-18-7-9-21(12-16(18)5-6-19(22)23)13-17-10-15(14-24-17)11-20(2)3/h10,14,16,18H,4-9,11-13H2,1-3H3/t16-,18+/m0/s1. The number of piperidine rings is 2. The maximum absolute atomic E-state index is 12.2. The van der Waals surface area contributed by atoms with Crippen molar-refractivity contribution < 1.29 is 4.79 Å². The molecule has 3 rings (SSSR count). The molecule has 0 N–H and O–H groups in total. The zero-order chi connectivity index (χ0) is 17.1. The Balaban J connectivity index is 1.57. The second kappa shape index (κ2) is 7.98. The lowest BCUT2D eigenvalue weighted by Gasteiger charge is -2.47. The molecule has 0 aromatic carbocycles. The molecule has 1 aromatic rings. The fraction of sp³-hybridized carbons (Fsp3) is 0.737. The number of carbonyl (C=O) groups excluding carboxylic acids is 1. The molecule has 0 unspecified atom stereocenters. The third kappa shape index (κ3) is 4.19. The molecule has 3 heterocycles. The van der Waals surface area contributed by atoms with Crippen LogP contribution in [-0.4, -0.2) is 60.4 Å². The van der Waals surface area contributed by atoms with E-state index in [1.165, 1.54) is 10.4 Å². The summed E-state index contributed by atoms with van der Waals surface area (Å²) in [7, 11) is 4.24. The fourth-order valence-electron chi connectivity index (χ4n) is 4.28. The van der Waals surface area contributed by atoms with Crippen LogP contribution in [0.4, 0.5) is 0 Å². The van der Waals surface area contributed by atoms with Crippen molar-refractivity contribution in [3.05, 3.63) is 21.9 Å². The molecule has 0 bridgehead atoms. The third-order valence-corrected chi connectivity index (χ3v) is 6.25. The summed E-state index contributed by atoms with van der Waals surface area (Å²) in [6.45, 7) is 7.49. The smallest absolute Gasteiger partial charge is 0.222 e. The van der Waals surface area contributed by atoms with Crippen LogP contribution in [0.1, 0.15) is 43.0 Å². The van der Waals surface area contributed by atoms with Crippen LogP contribution >= 0.6 is 11.3 Å². The predicted octanol–water partition coefficient (Wildman–Crippen LogP) is 3.03. The van der Waals surface area contributed by atoms with Crippen molar-refractivity contribution in [2.24, 2.45) is 5.92 Å². The minimum absolute atomic E-state index is 0.387. The van der Waals surface area contributed by atoms with Gasteiger partial charge in [0.25, 0.3) is 0 Å². The summed E-state index contributed by atoms with van der Waals surface area (Å²) in [5, 5.41) is 2.30. The van der Waals surface area contributed by atoms with E-state index in [1.807, 2.05) is 11.3 Å². The minimum atomic E-state index is 0.387. The summed E-state index contributed by atoms with van der Waals surface area (Å²) in [6.07, 6.45) is 4.05. The van der Waals surface area contributed by atoms with Gasteiger partial charge in [-0.25, -0.2) is 0 Å². The summed E-state index contributed by atoms with van der Waals surface area (Å²) in [5.74, 6) is 1.06. The van der Waals surface area contributed by atoms with Gasteiger partial charge in [0.05, 0.1) is 0 Å². The summed E-state index contributed by atoms with van der Waals surface area (Å²) in [6, 6.07) is 2.86. The van der Waals surface area contributed by atoms with E-state index in [4.69, 9.17) is 0 Å². The van der Waals surface area contributed by atoms with E-state index in [2.05, 4.69) is 47.2 Å². The minimum Gasteiger partial charge on any atom is -0.339 e. The van der Waals surface area contributed by atoms with Gasteiger partial charge in [-0.1, -0.05) is 6.92 Å². The molecule has 0 saturated carbocycles. The summed E-state index contributed by atoms with van der Waals surface area (Å²) >= 11 is 1.89. The van der Waals surface area contributed by atoms with E-state index in [0.29, 0.717) is 17.9 Å². The molecule has 1 aromatic heterocycles. The van der Waals surface area contributed by atoms with Crippen LogP contribution < -0.4 is 0 Å². The third-order valence-electron chi connectivity index (χ3n) is 5.28. The zero-order valence-corrected chi connectivity index (χ0v) is 16.1. The van der Waals surface area contributed by atoms with Gasteiger partial charge in [0.2, 0.25) is 5.91 Å². The van der Waals surface area contributed by atoms with Gasteiger partial charge in [0.15, 0.2) is 0 Å². The van der Waals surface area contributed by atoms with Gasteiger partial charge in [-0.05, 0) is 56.3 Å². The summed E-state index contributed by atoms with van der Waals surface area (Å²) < 4.78 is 0. The van der Waals surface area contributed by atoms with Crippen molar-refractivity contribution in [2.75, 3.05) is 33.7 Å². The molecular weight excluding hydrogens is 318 g/mol. The second-order valence-corrected chi connectivity index (χ2v) is 8.63. The number of amides is 1. The van der Waals surface area contributed by atoms with Gasteiger partial charge < -0.3 is 9.80 Å². The highest BCUT2D eigenvalue weighted by molar-refractivity contribution is 7.10. The summed E-state index contributed by atoms with van der Waals surface area (Å²) in [5.41, 5.74) is 1.42. The van der Waals surface area contributed by atoms with E-state index in [0.717, 1.165) is 58.4 Å². The number of nitrogens with zero attached hydrogens (tertiary/aromatic N) is 3. The van der Waals surface area contributed by atoms with Crippen molar-refractivity contribution in [3.63, 3.8) is 0 Å². The number of likely N-dealkylation sites (tertiary alicyclic amines) is 2. The molecule has 0 aliphatic carbocycles. The fourth-order valence-corrected chi connectivity index (χ4v) is 5.20. The van der Waals surface area contributed by atoms with Gasteiger partial charge in [-0.3, -0.25) is 9.69 Å². The highest BCUT2D eigenvalue weighted by Crippen LogP contribution is 2.32. The van der Waals surface area contributed by atoms with E-state index in [9.17, 15) is 4.79 Å². The predicted molar refractivity (Wildman–Crippen MR) is 100 cm³/mol.